The maximum atomic E-state index is 9.80. The standard InChI is InChI=1S/C12H14O2S/c1-8-4-3-5-9-6-11(14-12(8)9)10(13)7-15-2/h3-6,10,13H,7H2,1-2H3. The minimum absolute atomic E-state index is 0.508. The lowest BCUT2D eigenvalue weighted by atomic mass is 10.2. The average molecular weight is 222 g/mol. The Morgan fingerprint density at radius 1 is 1.47 bits per heavy atom. The van der Waals surface area contributed by atoms with Gasteiger partial charge in [-0.25, -0.2) is 0 Å². The maximum Gasteiger partial charge on any atom is 0.137 e. The molecule has 0 spiro atoms. The molecule has 0 saturated heterocycles. The van der Waals surface area contributed by atoms with Crippen molar-refractivity contribution in [3.63, 3.8) is 0 Å². The van der Waals surface area contributed by atoms with Crippen molar-refractivity contribution in [1.29, 1.82) is 0 Å². The molecule has 2 nitrogen and oxygen atoms in total. The fourth-order valence-electron chi connectivity index (χ4n) is 1.63. The minimum Gasteiger partial charge on any atom is -0.458 e. The largest absolute Gasteiger partial charge is 0.458 e. The van der Waals surface area contributed by atoms with Gasteiger partial charge in [-0.15, -0.1) is 0 Å². The van der Waals surface area contributed by atoms with Gasteiger partial charge in [-0.2, -0.15) is 11.8 Å². The van der Waals surface area contributed by atoms with E-state index in [1.165, 1.54) is 0 Å². The molecule has 0 aliphatic rings. The Kier molecular flexibility index (Phi) is 3.03. The van der Waals surface area contributed by atoms with Crippen LogP contribution < -0.4 is 0 Å². The maximum absolute atomic E-state index is 9.80. The van der Waals surface area contributed by atoms with Crippen molar-refractivity contribution in [2.24, 2.45) is 0 Å². The summed E-state index contributed by atoms with van der Waals surface area (Å²) in [5, 5.41) is 10.9. The summed E-state index contributed by atoms with van der Waals surface area (Å²) in [7, 11) is 0. The molecule has 80 valence electrons. The SMILES string of the molecule is CSCC(O)c1cc2cccc(C)c2o1. The van der Waals surface area contributed by atoms with Crippen molar-refractivity contribution >= 4 is 22.7 Å². The third kappa shape index (κ3) is 2.03. The molecule has 0 amide bonds. The summed E-state index contributed by atoms with van der Waals surface area (Å²) in [5.74, 6) is 1.33. The highest BCUT2D eigenvalue weighted by Crippen LogP contribution is 2.27. The van der Waals surface area contributed by atoms with E-state index in [-0.39, 0.29) is 0 Å². The highest BCUT2D eigenvalue weighted by Gasteiger charge is 2.13. The van der Waals surface area contributed by atoms with E-state index in [1.54, 1.807) is 11.8 Å². The summed E-state index contributed by atoms with van der Waals surface area (Å²) in [4.78, 5) is 0. The van der Waals surface area contributed by atoms with Crippen LogP contribution in [0.25, 0.3) is 11.0 Å². The molecule has 1 unspecified atom stereocenters. The predicted molar refractivity (Wildman–Crippen MR) is 64.3 cm³/mol. The lowest BCUT2D eigenvalue weighted by Gasteiger charge is -2.03. The fraction of sp³-hybridized carbons (Fsp3) is 0.333. The predicted octanol–water partition coefficient (Wildman–Crippen LogP) is 3.14. The summed E-state index contributed by atoms with van der Waals surface area (Å²) in [6.07, 6.45) is 1.46. The first-order valence-electron chi connectivity index (χ1n) is 4.88. The van der Waals surface area contributed by atoms with Crippen LogP contribution in [0.2, 0.25) is 0 Å². The zero-order valence-electron chi connectivity index (χ0n) is 8.86. The first-order valence-corrected chi connectivity index (χ1v) is 6.28. The van der Waals surface area contributed by atoms with Crippen LogP contribution in [0.4, 0.5) is 0 Å². The number of hydrogen-bond acceptors (Lipinski definition) is 3. The summed E-state index contributed by atoms with van der Waals surface area (Å²) in [6, 6.07) is 7.93. The van der Waals surface area contributed by atoms with E-state index in [4.69, 9.17) is 4.42 Å². The van der Waals surface area contributed by atoms with Crippen LogP contribution in [0.15, 0.2) is 28.7 Å². The molecule has 0 radical (unpaired) electrons. The van der Waals surface area contributed by atoms with Crippen LogP contribution >= 0.6 is 11.8 Å². The van der Waals surface area contributed by atoms with Crippen molar-refractivity contribution in [3.05, 3.63) is 35.6 Å². The molecule has 1 aromatic heterocycles. The zero-order chi connectivity index (χ0) is 10.8. The van der Waals surface area contributed by atoms with Gasteiger partial charge in [0.25, 0.3) is 0 Å². The lowest BCUT2D eigenvalue weighted by Crippen LogP contribution is -1.97. The van der Waals surface area contributed by atoms with E-state index in [0.29, 0.717) is 11.5 Å². The summed E-state index contributed by atoms with van der Waals surface area (Å²) in [5.41, 5.74) is 1.99. The Morgan fingerprint density at radius 3 is 2.93 bits per heavy atom. The molecule has 1 heterocycles. The fourth-order valence-corrected chi connectivity index (χ4v) is 2.11. The quantitative estimate of drug-likeness (QED) is 0.866. The number of aliphatic hydroxyl groups is 1. The van der Waals surface area contributed by atoms with Gasteiger partial charge in [-0.05, 0) is 24.8 Å². The van der Waals surface area contributed by atoms with E-state index < -0.39 is 6.10 Å². The Balaban J connectivity index is 2.43. The average Bonchev–Trinajstić information content (AvgIpc) is 2.63. The normalized spacial score (nSPS) is 13.3. The Morgan fingerprint density at radius 2 is 2.27 bits per heavy atom. The Bertz CT molecular complexity index is 462. The van der Waals surface area contributed by atoms with E-state index in [1.807, 2.05) is 37.4 Å². The molecular weight excluding hydrogens is 208 g/mol. The zero-order valence-corrected chi connectivity index (χ0v) is 9.67. The van der Waals surface area contributed by atoms with Crippen molar-refractivity contribution in [1.82, 2.24) is 0 Å². The molecule has 1 atom stereocenters. The monoisotopic (exact) mass is 222 g/mol. The molecule has 0 aliphatic carbocycles. The first-order chi connectivity index (χ1) is 7.22. The molecule has 0 bridgehead atoms. The second kappa shape index (κ2) is 4.29. The van der Waals surface area contributed by atoms with E-state index in [2.05, 4.69) is 0 Å². The van der Waals surface area contributed by atoms with Gasteiger partial charge < -0.3 is 9.52 Å². The molecule has 15 heavy (non-hydrogen) atoms. The van der Waals surface area contributed by atoms with Crippen LogP contribution in [-0.4, -0.2) is 17.1 Å². The summed E-state index contributed by atoms with van der Waals surface area (Å²) in [6.45, 7) is 2.01. The minimum atomic E-state index is -0.508. The summed E-state index contributed by atoms with van der Waals surface area (Å²) >= 11 is 1.61. The highest BCUT2D eigenvalue weighted by atomic mass is 32.2. The number of rotatable bonds is 3. The van der Waals surface area contributed by atoms with Gasteiger partial charge in [0, 0.05) is 11.1 Å². The van der Waals surface area contributed by atoms with Crippen molar-refractivity contribution in [2.45, 2.75) is 13.0 Å². The number of fused-ring (bicyclic) bond motifs is 1. The number of thioether (sulfide) groups is 1. The van der Waals surface area contributed by atoms with Crippen LogP contribution in [0.5, 0.6) is 0 Å². The van der Waals surface area contributed by atoms with E-state index in [9.17, 15) is 5.11 Å². The number of furan rings is 1. The van der Waals surface area contributed by atoms with Crippen molar-refractivity contribution < 1.29 is 9.52 Å². The van der Waals surface area contributed by atoms with Crippen LogP contribution in [0.3, 0.4) is 0 Å². The van der Waals surface area contributed by atoms with Gasteiger partial charge in [0.15, 0.2) is 0 Å². The Hall–Kier alpha value is -0.930. The third-order valence-corrected chi connectivity index (χ3v) is 3.06. The second-order valence-electron chi connectivity index (χ2n) is 3.61. The second-order valence-corrected chi connectivity index (χ2v) is 4.52. The molecule has 2 aromatic rings. The van der Waals surface area contributed by atoms with E-state index >= 15 is 0 Å². The molecule has 0 aliphatic heterocycles. The number of aliphatic hydroxyl groups excluding tert-OH is 1. The van der Waals surface area contributed by atoms with Gasteiger partial charge in [0.2, 0.25) is 0 Å². The van der Waals surface area contributed by atoms with Crippen LogP contribution in [0.1, 0.15) is 17.4 Å². The highest BCUT2D eigenvalue weighted by molar-refractivity contribution is 7.98. The number of hydrogen-bond donors (Lipinski definition) is 1. The lowest BCUT2D eigenvalue weighted by molar-refractivity contribution is 0.177. The molecule has 0 saturated carbocycles. The van der Waals surface area contributed by atoms with Crippen molar-refractivity contribution in [2.75, 3.05) is 12.0 Å². The van der Waals surface area contributed by atoms with Gasteiger partial charge in [0.05, 0.1) is 0 Å². The number of para-hydroxylation sites is 1. The number of benzene rings is 1. The first kappa shape index (κ1) is 10.6. The molecule has 0 fully saturated rings. The van der Waals surface area contributed by atoms with Gasteiger partial charge in [0.1, 0.15) is 17.4 Å². The van der Waals surface area contributed by atoms with Crippen LogP contribution in [-0.2, 0) is 0 Å². The molecule has 2 rings (SSSR count). The number of aryl methyl sites for hydroxylation is 1. The smallest absolute Gasteiger partial charge is 0.137 e. The molecule has 1 aromatic carbocycles. The molecular formula is C12H14O2S. The van der Waals surface area contributed by atoms with Crippen molar-refractivity contribution in [3.8, 4) is 0 Å². The van der Waals surface area contributed by atoms with E-state index in [0.717, 1.165) is 16.5 Å². The van der Waals surface area contributed by atoms with Gasteiger partial charge >= 0.3 is 0 Å². The molecule has 3 heteroatoms. The van der Waals surface area contributed by atoms with Gasteiger partial charge in [-0.1, -0.05) is 18.2 Å². The third-order valence-electron chi connectivity index (χ3n) is 2.41. The topological polar surface area (TPSA) is 33.4 Å². The van der Waals surface area contributed by atoms with Crippen LogP contribution in [0, 0.1) is 6.92 Å². The van der Waals surface area contributed by atoms with Gasteiger partial charge in [-0.3, -0.25) is 0 Å². The summed E-state index contributed by atoms with van der Waals surface area (Å²) < 4.78 is 5.65. The molecule has 1 N–H and O–H groups in total. The Labute approximate surface area is 93.3 Å².